The third-order valence-corrected chi connectivity index (χ3v) is 7.05. The van der Waals surface area contributed by atoms with E-state index in [9.17, 15) is 8.42 Å². The molecule has 1 aromatic carbocycles. The molecule has 0 saturated carbocycles. The number of nitrogens with zero attached hydrogens (tertiary/aromatic N) is 4. The van der Waals surface area contributed by atoms with Crippen molar-refractivity contribution >= 4 is 38.8 Å². The molecule has 0 bridgehead atoms. The summed E-state index contributed by atoms with van der Waals surface area (Å²) < 4.78 is 28.5. The van der Waals surface area contributed by atoms with Crippen molar-refractivity contribution in [3.8, 4) is 0 Å². The predicted octanol–water partition coefficient (Wildman–Crippen LogP) is 3.81. The maximum absolute atomic E-state index is 13.3. The van der Waals surface area contributed by atoms with Crippen LogP contribution in [0.5, 0.6) is 0 Å². The maximum Gasteiger partial charge on any atom is 0.228 e. The van der Waals surface area contributed by atoms with Gasteiger partial charge in [-0.05, 0) is 63.8 Å². The molecule has 0 unspecified atom stereocenters. The van der Waals surface area contributed by atoms with Gasteiger partial charge in [0.1, 0.15) is 0 Å². The van der Waals surface area contributed by atoms with Gasteiger partial charge in [0.2, 0.25) is 15.0 Å². The largest absolute Gasteiger partial charge is 0.360 e. The standard InChI is InChI=1S/C23H36ClN5O2S2/c1-17(2)14-29-21(15-28(11-10-27(5)6)22(32)26-18(3)4)13-25-23(29)33(30,31)16-19-8-7-9-20(24)12-19/h7-9,12-13,17-18H,10-11,14-16H2,1-6H3,(H,26,32). The minimum absolute atomic E-state index is 0.0847. The first kappa shape index (κ1) is 27.6. The Morgan fingerprint density at radius 3 is 2.48 bits per heavy atom. The van der Waals surface area contributed by atoms with E-state index in [-0.39, 0.29) is 22.9 Å². The van der Waals surface area contributed by atoms with Gasteiger partial charge in [0, 0.05) is 30.7 Å². The van der Waals surface area contributed by atoms with Gasteiger partial charge in [0.25, 0.3) is 0 Å². The molecule has 7 nitrogen and oxygen atoms in total. The molecular weight excluding hydrogens is 478 g/mol. The number of likely N-dealkylation sites (N-methyl/N-ethyl adjacent to an activating group) is 1. The summed E-state index contributed by atoms with van der Waals surface area (Å²) in [6.07, 6.45) is 1.66. The van der Waals surface area contributed by atoms with E-state index in [2.05, 4.69) is 33.9 Å². The molecule has 0 aliphatic carbocycles. The summed E-state index contributed by atoms with van der Waals surface area (Å²) in [6.45, 7) is 10.8. The summed E-state index contributed by atoms with van der Waals surface area (Å²) in [4.78, 5) is 8.53. The van der Waals surface area contributed by atoms with E-state index < -0.39 is 9.84 Å². The number of sulfone groups is 1. The fraction of sp³-hybridized carbons (Fsp3) is 0.565. The quantitative estimate of drug-likeness (QED) is 0.458. The number of thiocarbonyl (C=S) groups is 1. The van der Waals surface area contributed by atoms with Gasteiger partial charge in [-0.25, -0.2) is 13.4 Å². The average molecular weight is 514 g/mol. The van der Waals surface area contributed by atoms with E-state index in [1.54, 1.807) is 30.5 Å². The van der Waals surface area contributed by atoms with E-state index in [4.69, 9.17) is 23.8 Å². The number of aromatic nitrogens is 2. The molecule has 0 spiro atoms. The van der Waals surface area contributed by atoms with Crippen molar-refractivity contribution in [1.82, 2.24) is 24.7 Å². The molecule has 2 rings (SSSR count). The van der Waals surface area contributed by atoms with Gasteiger partial charge in [0.05, 0.1) is 24.2 Å². The number of benzene rings is 1. The molecule has 1 N–H and O–H groups in total. The molecule has 1 aromatic heterocycles. The van der Waals surface area contributed by atoms with Gasteiger partial charge in [0.15, 0.2) is 5.11 Å². The van der Waals surface area contributed by atoms with Crippen LogP contribution in [0.4, 0.5) is 0 Å². The second kappa shape index (κ2) is 12.1. The Kier molecular flexibility index (Phi) is 10.1. The molecule has 0 atom stereocenters. The summed E-state index contributed by atoms with van der Waals surface area (Å²) in [7, 11) is 0.361. The average Bonchev–Trinajstić information content (AvgIpc) is 3.06. The van der Waals surface area contributed by atoms with Gasteiger partial charge in [-0.3, -0.25) is 0 Å². The monoisotopic (exact) mass is 513 g/mol. The lowest BCUT2D eigenvalue weighted by molar-refractivity contribution is 0.313. The van der Waals surface area contributed by atoms with Crippen LogP contribution in [0.3, 0.4) is 0 Å². The smallest absolute Gasteiger partial charge is 0.228 e. The molecule has 184 valence electrons. The molecule has 0 saturated heterocycles. The number of nitrogens with one attached hydrogen (secondary N) is 1. The normalized spacial score (nSPS) is 12.1. The first-order chi connectivity index (χ1) is 15.4. The zero-order chi connectivity index (χ0) is 24.8. The predicted molar refractivity (Wildman–Crippen MR) is 139 cm³/mol. The van der Waals surface area contributed by atoms with Gasteiger partial charge in [-0.1, -0.05) is 37.6 Å². The van der Waals surface area contributed by atoms with E-state index >= 15 is 0 Å². The van der Waals surface area contributed by atoms with E-state index in [1.807, 2.05) is 32.5 Å². The Hall–Kier alpha value is -1.68. The van der Waals surface area contributed by atoms with E-state index in [1.165, 1.54) is 0 Å². The van der Waals surface area contributed by atoms with E-state index in [0.29, 0.717) is 35.3 Å². The molecule has 0 radical (unpaired) electrons. The molecule has 0 fully saturated rings. The minimum atomic E-state index is -3.67. The van der Waals surface area contributed by atoms with Crippen LogP contribution in [0.2, 0.25) is 5.02 Å². The highest BCUT2D eigenvalue weighted by atomic mass is 35.5. The Balaban J connectivity index is 2.39. The van der Waals surface area contributed by atoms with Gasteiger partial charge in [-0.2, -0.15) is 0 Å². The second-order valence-electron chi connectivity index (χ2n) is 9.25. The molecule has 33 heavy (non-hydrogen) atoms. The van der Waals surface area contributed by atoms with Crippen molar-refractivity contribution in [2.24, 2.45) is 5.92 Å². The molecule has 2 aromatic rings. The topological polar surface area (TPSA) is 70.5 Å². The number of hydrogen-bond donors (Lipinski definition) is 1. The van der Waals surface area contributed by atoms with Crippen molar-refractivity contribution in [3.05, 3.63) is 46.7 Å². The number of hydrogen-bond acceptors (Lipinski definition) is 5. The minimum Gasteiger partial charge on any atom is -0.360 e. The van der Waals surface area contributed by atoms with Gasteiger partial charge in [-0.15, -0.1) is 0 Å². The highest BCUT2D eigenvalue weighted by molar-refractivity contribution is 7.90. The first-order valence-corrected chi connectivity index (χ1v) is 13.5. The summed E-state index contributed by atoms with van der Waals surface area (Å²) >= 11 is 11.7. The summed E-state index contributed by atoms with van der Waals surface area (Å²) in [5.41, 5.74) is 1.46. The second-order valence-corrected chi connectivity index (χ2v) is 12.0. The summed E-state index contributed by atoms with van der Waals surface area (Å²) in [6, 6.07) is 7.12. The van der Waals surface area contributed by atoms with Crippen molar-refractivity contribution in [2.45, 2.75) is 57.7 Å². The van der Waals surface area contributed by atoms with Crippen LogP contribution in [0.1, 0.15) is 39.0 Å². The third kappa shape index (κ3) is 8.55. The van der Waals surface area contributed by atoms with Crippen molar-refractivity contribution in [1.29, 1.82) is 0 Å². The zero-order valence-corrected chi connectivity index (χ0v) is 22.8. The Morgan fingerprint density at radius 2 is 1.91 bits per heavy atom. The van der Waals surface area contributed by atoms with Crippen molar-refractivity contribution in [3.63, 3.8) is 0 Å². The van der Waals surface area contributed by atoms with Gasteiger partial charge >= 0.3 is 0 Å². The fourth-order valence-corrected chi connectivity index (χ4v) is 5.44. The molecular formula is C23H36ClN5O2S2. The number of halogens is 1. The highest BCUT2D eigenvalue weighted by Gasteiger charge is 2.26. The fourth-order valence-electron chi connectivity index (χ4n) is 3.34. The lowest BCUT2D eigenvalue weighted by Crippen LogP contribution is -2.45. The van der Waals surface area contributed by atoms with E-state index in [0.717, 1.165) is 12.2 Å². The molecule has 1 heterocycles. The highest BCUT2D eigenvalue weighted by Crippen LogP contribution is 2.21. The van der Waals surface area contributed by atoms with Crippen LogP contribution in [-0.2, 0) is 28.7 Å². The lowest BCUT2D eigenvalue weighted by Gasteiger charge is -2.29. The Morgan fingerprint density at radius 1 is 1.21 bits per heavy atom. The van der Waals surface area contributed by atoms with Gasteiger partial charge < -0.3 is 19.7 Å². The number of imidazole rings is 1. The van der Waals surface area contributed by atoms with Crippen LogP contribution in [0, 0.1) is 5.92 Å². The molecule has 10 heteroatoms. The zero-order valence-electron chi connectivity index (χ0n) is 20.4. The third-order valence-electron chi connectivity index (χ3n) is 4.84. The summed E-state index contributed by atoms with van der Waals surface area (Å²) in [5, 5.41) is 4.54. The van der Waals surface area contributed by atoms with Crippen molar-refractivity contribution in [2.75, 3.05) is 27.2 Å². The van der Waals surface area contributed by atoms with Crippen LogP contribution < -0.4 is 5.32 Å². The molecule has 0 amide bonds. The lowest BCUT2D eigenvalue weighted by atomic mass is 10.2. The molecule has 0 aliphatic rings. The van der Waals surface area contributed by atoms with Crippen molar-refractivity contribution < 1.29 is 8.42 Å². The first-order valence-electron chi connectivity index (χ1n) is 11.1. The Labute approximate surface area is 209 Å². The van der Waals surface area contributed by atoms with Crippen LogP contribution in [0.15, 0.2) is 35.6 Å². The number of rotatable bonds is 11. The van der Waals surface area contributed by atoms with Crippen LogP contribution in [-0.4, -0.2) is 66.1 Å². The summed E-state index contributed by atoms with van der Waals surface area (Å²) in [5.74, 6) is 0.0915. The maximum atomic E-state index is 13.3. The van der Waals surface area contributed by atoms with Crippen LogP contribution in [0.25, 0.3) is 0 Å². The SMILES string of the molecule is CC(C)Cn1c(CN(CCN(C)C)C(=S)NC(C)C)cnc1S(=O)(=O)Cc1cccc(Cl)c1. The molecule has 0 aliphatic heterocycles. The Bertz CT molecular complexity index is 1040. The van der Waals surface area contributed by atoms with Crippen LogP contribution >= 0.6 is 23.8 Å².